The number of hydrogen-bond acceptors (Lipinski definition) is 5. The molecule has 14 heavy (non-hydrogen) atoms. The number of aliphatic hydroxyl groups excluding tert-OH is 1. The van der Waals surface area contributed by atoms with Gasteiger partial charge in [-0.15, -0.1) is 0 Å². The highest BCUT2D eigenvalue weighted by atomic mass is 32.2. The summed E-state index contributed by atoms with van der Waals surface area (Å²) < 4.78 is 23.4. The number of imide groups is 1. The van der Waals surface area contributed by atoms with Gasteiger partial charge < -0.3 is 5.11 Å². The van der Waals surface area contributed by atoms with Gasteiger partial charge in [-0.25, -0.2) is 8.42 Å². The SMILES string of the molecule is O=C1CN(S(=O)(=O)CCO)CC(=O)N1. The summed E-state index contributed by atoms with van der Waals surface area (Å²) in [5.74, 6) is -1.78. The van der Waals surface area contributed by atoms with Crippen LogP contribution in [0.4, 0.5) is 0 Å². The minimum atomic E-state index is -3.70. The van der Waals surface area contributed by atoms with E-state index in [-0.39, 0.29) is 13.1 Å². The number of carbonyl (C=O) groups is 2. The molecular weight excluding hydrogens is 212 g/mol. The lowest BCUT2D eigenvalue weighted by atomic mass is 10.4. The Balaban J connectivity index is 2.78. The predicted octanol–water partition coefficient (Wildman–Crippen LogP) is -2.73. The largest absolute Gasteiger partial charge is 0.395 e. The maximum absolute atomic E-state index is 11.3. The monoisotopic (exact) mass is 222 g/mol. The van der Waals surface area contributed by atoms with Gasteiger partial charge in [-0.1, -0.05) is 0 Å². The molecule has 0 bridgehead atoms. The number of amides is 2. The van der Waals surface area contributed by atoms with Crippen molar-refractivity contribution in [1.29, 1.82) is 0 Å². The standard InChI is InChI=1S/C6H10N2O5S/c9-1-2-14(12,13)8-3-5(10)7-6(11)4-8/h9H,1-4H2,(H,7,10,11). The second kappa shape index (κ2) is 4.03. The fourth-order valence-electron chi connectivity index (χ4n) is 1.05. The van der Waals surface area contributed by atoms with Crippen LogP contribution < -0.4 is 5.32 Å². The van der Waals surface area contributed by atoms with E-state index in [1.807, 2.05) is 5.32 Å². The van der Waals surface area contributed by atoms with Crippen LogP contribution in [0.2, 0.25) is 0 Å². The molecule has 1 fully saturated rings. The number of aliphatic hydroxyl groups is 1. The van der Waals surface area contributed by atoms with Gasteiger partial charge in [0.05, 0.1) is 25.4 Å². The molecule has 1 aliphatic rings. The van der Waals surface area contributed by atoms with Crippen LogP contribution in [0.15, 0.2) is 0 Å². The van der Waals surface area contributed by atoms with E-state index < -0.39 is 34.2 Å². The van der Waals surface area contributed by atoms with E-state index >= 15 is 0 Å². The number of rotatable bonds is 3. The van der Waals surface area contributed by atoms with E-state index in [1.165, 1.54) is 0 Å². The zero-order valence-electron chi connectivity index (χ0n) is 7.26. The average molecular weight is 222 g/mol. The highest BCUT2D eigenvalue weighted by molar-refractivity contribution is 7.89. The number of nitrogens with one attached hydrogen (secondary N) is 1. The first-order chi connectivity index (χ1) is 6.45. The van der Waals surface area contributed by atoms with Crippen LogP contribution in [0.5, 0.6) is 0 Å². The van der Waals surface area contributed by atoms with Crippen LogP contribution in [-0.2, 0) is 19.6 Å². The molecule has 1 saturated heterocycles. The highest BCUT2D eigenvalue weighted by Gasteiger charge is 2.30. The third kappa shape index (κ3) is 2.50. The molecule has 1 rings (SSSR count). The van der Waals surface area contributed by atoms with Gasteiger partial charge in [-0.2, -0.15) is 4.31 Å². The number of sulfonamides is 1. The molecule has 80 valence electrons. The van der Waals surface area contributed by atoms with E-state index in [2.05, 4.69) is 0 Å². The normalized spacial score (nSPS) is 19.5. The molecule has 2 amide bonds. The van der Waals surface area contributed by atoms with Crippen LogP contribution in [0.3, 0.4) is 0 Å². The number of carbonyl (C=O) groups excluding carboxylic acids is 2. The van der Waals surface area contributed by atoms with Crippen LogP contribution in [-0.4, -0.2) is 55.1 Å². The molecule has 8 heteroatoms. The zero-order valence-corrected chi connectivity index (χ0v) is 8.08. The van der Waals surface area contributed by atoms with Crippen molar-refractivity contribution in [1.82, 2.24) is 9.62 Å². The quantitative estimate of drug-likeness (QED) is 0.504. The summed E-state index contributed by atoms with van der Waals surface area (Å²) >= 11 is 0. The molecule has 7 nitrogen and oxygen atoms in total. The van der Waals surface area contributed by atoms with E-state index in [1.54, 1.807) is 0 Å². The second-order valence-electron chi connectivity index (χ2n) is 2.78. The summed E-state index contributed by atoms with van der Waals surface area (Å²) in [5.41, 5.74) is 0. The molecule has 0 radical (unpaired) electrons. The van der Waals surface area contributed by atoms with Crippen LogP contribution >= 0.6 is 0 Å². The van der Waals surface area contributed by atoms with Gasteiger partial charge in [0.1, 0.15) is 0 Å². The summed E-state index contributed by atoms with van der Waals surface area (Å²) in [5, 5.41) is 10.4. The minimum Gasteiger partial charge on any atom is -0.395 e. The molecule has 0 saturated carbocycles. The van der Waals surface area contributed by atoms with Gasteiger partial charge in [0.15, 0.2) is 0 Å². The summed E-state index contributed by atoms with van der Waals surface area (Å²) in [7, 11) is -3.70. The zero-order chi connectivity index (χ0) is 10.8. The second-order valence-corrected chi connectivity index (χ2v) is 4.87. The van der Waals surface area contributed by atoms with Crippen molar-refractivity contribution in [3.05, 3.63) is 0 Å². The fraction of sp³-hybridized carbons (Fsp3) is 0.667. The number of nitrogens with zero attached hydrogens (tertiary/aromatic N) is 1. The Morgan fingerprint density at radius 3 is 2.21 bits per heavy atom. The Morgan fingerprint density at radius 1 is 1.29 bits per heavy atom. The van der Waals surface area contributed by atoms with Gasteiger partial charge in [0.2, 0.25) is 21.8 Å². The molecule has 0 spiro atoms. The number of hydrogen-bond donors (Lipinski definition) is 2. The Bertz CT molecular complexity index is 333. The molecule has 0 atom stereocenters. The summed E-state index contributed by atoms with van der Waals surface area (Å²) in [6.45, 7) is -1.27. The van der Waals surface area contributed by atoms with E-state index in [9.17, 15) is 18.0 Å². The molecule has 0 aromatic carbocycles. The van der Waals surface area contributed by atoms with Gasteiger partial charge in [-0.05, 0) is 0 Å². The molecule has 1 heterocycles. The lowest BCUT2D eigenvalue weighted by molar-refractivity contribution is -0.134. The maximum atomic E-state index is 11.3. The van der Waals surface area contributed by atoms with Crippen molar-refractivity contribution in [3.8, 4) is 0 Å². The first-order valence-corrected chi connectivity index (χ1v) is 5.48. The van der Waals surface area contributed by atoms with E-state index in [4.69, 9.17) is 5.11 Å². The third-order valence-electron chi connectivity index (χ3n) is 1.66. The Morgan fingerprint density at radius 2 is 1.79 bits per heavy atom. The first-order valence-electron chi connectivity index (χ1n) is 3.87. The molecule has 1 aliphatic heterocycles. The fourth-order valence-corrected chi connectivity index (χ4v) is 2.17. The number of piperazine rings is 1. The molecule has 2 N–H and O–H groups in total. The summed E-state index contributed by atoms with van der Waals surface area (Å²) in [6.07, 6.45) is 0. The maximum Gasteiger partial charge on any atom is 0.241 e. The first kappa shape index (κ1) is 11.1. The lowest BCUT2D eigenvalue weighted by Crippen LogP contribution is -2.53. The molecule has 0 unspecified atom stereocenters. The van der Waals surface area contributed by atoms with Crippen molar-refractivity contribution in [3.63, 3.8) is 0 Å². The smallest absolute Gasteiger partial charge is 0.241 e. The Labute approximate surface area is 80.7 Å². The third-order valence-corrected chi connectivity index (χ3v) is 3.40. The van der Waals surface area contributed by atoms with Gasteiger partial charge in [-0.3, -0.25) is 14.9 Å². The van der Waals surface area contributed by atoms with E-state index in [0.29, 0.717) is 0 Å². The average Bonchev–Trinajstić information content (AvgIpc) is 2.02. The van der Waals surface area contributed by atoms with Crippen molar-refractivity contribution < 1.29 is 23.1 Å². The van der Waals surface area contributed by atoms with E-state index in [0.717, 1.165) is 4.31 Å². The van der Waals surface area contributed by atoms with Gasteiger partial charge in [0.25, 0.3) is 0 Å². The Kier molecular flexibility index (Phi) is 3.19. The summed E-state index contributed by atoms with van der Waals surface area (Å²) in [4.78, 5) is 21.7. The Hall–Kier alpha value is -0.990. The van der Waals surface area contributed by atoms with Crippen molar-refractivity contribution >= 4 is 21.8 Å². The van der Waals surface area contributed by atoms with Crippen molar-refractivity contribution in [2.45, 2.75) is 0 Å². The van der Waals surface area contributed by atoms with Crippen LogP contribution in [0.1, 0.15) is 0 Å². The molecular formula is C6H10N2O5S. The van der Waals surface area contributed by atoms with Crippen molar-refractivity contribution in [2.75, 3.05) is 25.4 Å². The predicted molar refractivity (Wildman–Crippen MR) is 45.6 cm³/mol. The minimum absolute atomic E-state index is 0.367. The van der Waals surface area contributed by atoms with Crippen molar-refractivity contribution in [2.24, 2.45) is 0 Å². The molecule has 0 aromatic heterocycles. The van der Waals surface area contributed by atoms with Gasteiger partial charge in [0, 0.05) is 0 Å². The lowest BCUT2D eigenvalue weighted by Gasteiger charge is -2.24. The summed E-state index contributed by atoms with van der Waals surface area (Å²) in [6, 6.07) is 0. The topological polar surface area (TPSA) is 104 Å². The van der Waals surface area contributed by atoms with Crippen LogP contribution in [0, 0.1) is 0 Å². The van der Waals surface area contributed by atoms with Crippen LogP contribution in [0.25, 0.3) is 0 Å². The van der Waals surface area contributed by atoms with Gasteiger partial charge >= 0.3 is 0 Å². The highest BCUT2D eigenvalue weighted by Crippen LogP contribution is 2.03. The molecule has 0 aromatic rings. The molecule has 0 aliphatic carbocycles.